The lowest BCUT2D eigenvalue weighted by molar-refractivity contribution is 0.454. The summed E-state index contributed by atoms with van der Waals surface area (Å²) < 4.78 is 17.2. The van der Waals surface area contributed by atoms with Crippen LogP contribution in [0.5, 0.6) is 0 Å². The van der Waals surface area contributed by atoms with Gasteiger partial charge in [-0.3, -0.25) is 9.36 Å². The van der Waals surface area contributed by atoms with Gasteiger partial charge in [0.1, 0.15) is 5.52 Å². The van der Waals surface area contributed by atoms with E-state index in [-0.39, 0.29) is 17.5 Å². The number of halogens is 1. The van der Waals surface area contributed by atoms with Crippen LogP contribution in [0.15, 0.2) is 102 Å². The van der Waals surface area contributed by atoms with Gasteiger partial charge in [0.05, 0.1) is 11.4 Å². The molecule has 8 heteroatoms. The number of thioether (sulfide) groups is 1. The first-order valence-electron chi connectivity index (χ1n) is 13.7. The number of hydrogen-bond donors (Lipinski definition) is 1. The number of anilines is 1. The molecule has 1 atom stereocenters. The predicted octanol–water partition coefficient (Wildman–Crippen LogP) is 7.35. The molecule has 6 rings (SSSR count). The van der Waals surface area contributed by atoms with Crippen LogP contribution in [0.4, 0.5) is 10.1 Å². The summed E-state index contributed by atoms with van der Waals surface area (Å²) >= 11 is 0.893. The van der Waals surface area contributed by atoms with E-state index >= 15 is 4.39 Å². The van der Waals surface area contributed by atoms with Crippen LogP contribution < -0.4 is 10.5 Å². The highest BCUT2D eigenvalue weighted by molar-refractivity contribution is 7.99. The van der Waals surface area contributed by atoms with Crippen molar-refractivity contribution >= 4 is 34.8 Å². The molecule has 0 radical (unpaired) electrons. The molecule has 3 aromatic carbocycles. The van der Waals surface area contributed by atoms with Crippen molar-refractivity contribution in [1.29, 1.82) is 5.41 Å². The van der Waals surface area contributed by atoms with Crippen LogP contribution in [0.25, 0.3) is 22.4 Å². The van der Waals surface area contributed by atoms with Crippen LogP contribution >= 0.6 is 11.8 Å². The maximum atomic E-state index is 15.5. The van der Waals surface area contributed by atoms with E-state index in [1.165, 1.54) is 0 Å². The summed E-state index contributed by atoms with van der Waals surface area (Å²) in [5.74, 6) is 0.163. The monoisotopic (exact) mass is 563 g/mol. The Labute approximate surface area is 242 Å². The second kappa shape index (κ2) is 12.1. The maximum Gasteiger partial charge on any atom is 0.278 e. The van der Waals surface area contributed by atoms with E-state index in [9.17, 15) is 4.79 Å². The van der Waals surface area contributed by atoms with Crippen molar-refractivity contribution in [2.75, 3.05) is 10.7 Å². The Morgan fingerprint density at radius 2 is 1.51 bits per heavy atom. The third-order valence-corrected chi connectivity index (χ3v) is 8.02. The van der Waals surface area contributed by atoms with Crippen molar-refractivity contribution in [3.63, 3.8) is 0 Å². The average molecular weight is 564 g/mol. The normalized spacial score (nSPS) is 13.7. The summed E-state index contributed by atoms with van der Waals surface area (Å²) in [6, 6.07) is 32.3. The molecule has 1 unspecified atom stereocenters. The molecule has 0 spiro atoms. The van der Waals surface area contributed by atoms with Gasteiger partial charge in [-0.1, -0.05) is 91.0 Å². The quantitative estimate of drug-likeness (QED) is 0.170. The predicted molar refractivity (Wildman–Crippen MR) is 165 cm³/mol. The number of benzene rings is 3. The number of rotatable bonds is 11. The summed E-state index contributed by atoms with van der Waals surface area (Å²) in [7, 11) is 0. The number of nitrogens with one attached hydrogen (secondary N) is 1. The summed E-state index contributed by atoms with van der Waals surface area (Å²) in [5.41, 5.74) is 3.47. The molecule has 0 aliphatic heterocycles. The molecule has 2 heterocycles. The minimum Gasteiger partial charge on any atom is -0.361 e. The first-order chi connectivity index (χ1) is 20.1. The molecular weight excluding hydrogens is 533 g/mol. The SMILES string of the molecule is N=CCSC(F)c1nc2c(N(Cc3ccccc3)Cc3ccccc3)cc(-c3ccccc3)nc2n(C2CC2)c1=O. The third kappa shape index (κ3) is 5.93. The zero-order valence-electron chi connectivity index (χ0n) is 22.5. The van der Waals surface area contributed by atoms with Gasteiger partial charge in [-0.05, 0) is 30.0 Å². The number of nitrogens with zero attached hydrogens (tertiary/aromatic N) is 4. The lowest BCUT2D eigenvalue weighted by Gasteiger charge is -2.27. The smallest absolute Gasteiger partial charge is 0.278 e. The van der Waals surface area contributed by atoms with E-state index in [0.717, 1.165) is 58.9 Å². The standard InChI is InChI=1S/C33H30FN5OS/c34-31(41-19-18-35)30-33(40)39(26-16-17-26)32-29(37-30)28(20-27(36-32)25-14-8-3-9-15-25)38(21-23-10-4-1-5-11-23)22-24-12-6-2-7-13-24/h1-15,18,20,26,31,35H,16-17,19,21-22H2. The van der Waals surface area contributed by atoms with Crippen molar-refractivity contribution in [3.05, 3.63) is 124 Å². The Hall–Kier alpha value is -4.30. The Morgan fingerprint density at radius 1 is 0.927 bits per heavy atom. The molecule has 1 N–H and O–H groups in total. The molecule has 1 saturated carbocycles. The van der Waals surface area contributed by atoms with Crippen molar-refractivity contribution in [2.45, 2.75) is 37.5 Å². The first-order valence-corrected chi connectivity index (χ1v) is 14.8. The summed E-state index contributed by atoms with van der Waals surface area (Å²) in [5, 5.41) is 7.34. The molecule has 206 valence electrons. The Kier molecular flexibility index (Phi) is 7.91. The molecule has 1 aliphatic carbocycles. The molecule has 0 bridgehead atoms. The highest BCUT2D eigenvalue weighted by atomic mass is 32.2. The molecule has 41 heavy (non-hydrogen) atoms. The molecule has 1 fully saturated rings. The van der Waals surface area contributed by atoms with Crippen molar-refractivity contribution < 1.29 is 4.39 Å². The largest absolute Gasteiger partial charge is 0.361 e. The van der Waals surface area contributed by atoms with E-state index in [0.29, 0.717) is 24.3 Å². The zero-order valence-corrected chi connectivity index (χ0v) is 23.3. The van der Waals surface area contributed by atoms with Crippen LogP contribution in [0.3, 0.4) is 0 Å². The molecule has 5 aromatic rings. The summed E-state index contributed by atoms with van der Waals surface area (Å²) in [6.07, 6.45) is 2.82. The fraction of sp³-hybridized carbons (Fsp3) is 0.212. The van der Waals surface area contributed by atoms with Gasteiger partial charge in [0.2, 0.25) is 0 Å². The van der Waals surface area contributed by atoms with Gasteiger partial charge in [-0.2, -0.15) is 0 Å². The molecule has 2 aromatic heterocycles. The Balaban J connectivity index is 1.61. The van der Waals surface area contributed by atoms with Gasteiger partial charge < -0.3 is 10.3 Å². The minimum absolute atomic E-state index is 0.0326. The average Bonchev–Trinajstić information content (AvgIpc) is 3.85. The van der Waals surface area contributed by atoms with Crippen LogP contribution in [0.1, 0.15) is 41.2 Å². The Bertz CT molecular complexity index is 1670. The van der Waals surface area contributed by atoms with E-state index < -0.39 is 11.1 Å². The molecule has 1 aliphatic rings. The number of fused-ring (bicyclic) bond motifs is 1. The van der Waals surface area contributed by atoms with Crippen LogP contribution in [0.2, 0.25) is 0 Å². The molecular formula is C33H30FN5OS. The fourth-order valence-electron chi connectivity index (χ4n) is 5.04. The zero-order chi connectivity index (χ0) is 28.2. The first kappa shape index (κ1) is 26.9. The number of alkyl halides is 1. The highest BCUT2D eigenvalue weighted by Crippen LogP contribution is 2.39. The summed E-state index contributed by atoms with van der Waals surface area (Å²) in [6.45, 7) is 1.18. The van der Waals surface area contributed by atoms with Gasteiger partial charge in [0, 0.05) is 36.7 Å². The van der Waals surface area contributed by atoms with Gasteiger partial charge in [-0.15, -0.1) is 11.8 Å². The fourth-order valence-corrected chi connectivity index (χ4v) is 5.61. The summed E-state index contributed by atoms with van der Waals surface area (Å²) in [4.78, 5) is 25.7. The lowest BCUT2D eigenvalue weighted by Crippen LogP contribution is -2.28. The van der Waals surface area contributed by atoms with Crippen molar-refractivity contribution in [1.82, 2.24) is 14.5 Å². The number of hydrogen-bond acceptors (Lipinski definition) is 6. The number of pyridine rings is 1. The van der Waals surface area contributed by atoms with Gasteiger partial charge in [0.15, 0.2) is 16.8 Å². The number of aromatic nitrogens is 3. The Morgan fingerprint density at radius 3 is 2.07 bits per heavy atom. The van der Waals surface area contributed by atoms with E-state index in [1.807, 2.05) is 72.8 Å². The second-order valence-corrected chi connectivity index (χ2v) is 11.2. The van der Waals surface area contributed by atoms with Crippen LogP contribution in [-0.4, -0.2) is 26.5 Å². The molecule has 0 saturated heterocycles. The molecule has 6 nitrogen and oxygen atoms in total. The van der Waals surface area contributed by atoms with Gasteiger partial charge >= 0.3 is 0 Å². The van der Waals surface area contributed by atoms with Crippen molar-refractivity contribution in [3.8, 4) is 11.3 Å². The molecule has 0 amide bonds. The second-order valence-electron chi connectivity index (χ2n) is 10.1. The van der Waals surface area contributed by atoms with Gasteiger partial charge in [-0.25, -0.2) is 14.4 Å². The van der Waals surface area contributed by atoms with Crippen molar-refractivity contribution in [2.24, 2.45) is 0 Å². The minimum atomic E-state index is -1.64. The van der Waals surface area contributed by atoms with Crippen LogP contribution in [0, 0.1) is 5.41 Å². The highest BCUT2D eigenvalue weighted by Gasteiger charge is 2.32. The van der Waals surface area contributed by atoms with Crippen LogP contribution in [-0.2, 0) is 13.1 Å². The van der Waals surface area contributed by atoms with E-state index in [2.05, 4.69) is 29.2 Å². The third-order valence-electron chi connectivity index (χ3n) is 7.15. The van der Waals surface area contributed by atoms with Gasteiger partial charge in [0.25, 0.3) is 5.56 Å². The topological polar surface area (TPSA) is 74.9 Å². The maximum absolute atomic E-state index is 15.5. The van der Waals surface area contributed by atoms with E-state index in [1.54, 1.807) is 4.57 Å². The lowest BCUT2D eigenvalue weighted by atomic mass is 10.1. The van der Waals surface area contributed by atoms with E-state index in [4.69, 9.17) is 15.4 Å².